The summed E-state index contributed by atoms with van der Waals surface area (Å²) in [6.07, 6.45) is 4.92. The zero-order valence-electron chi connectivity index (χ0n) is 13.7. The molecule has 0 fully saturated rings. The summed E-state index contributed by atoms with van der Waals surface area (Å²) < 4.78 is 0. The van der Waals surface area contributed by atoms with Gasteiger partial charge in [-0.25, -0.2) is 0 Å². The second-order valence-electron chi connectivity index (χ2n) is 6.25. The van der Waals surface area contributed by atoms with Crippen molar-refractivity contribution in [3.8, 4) is 0 Å². The number of benzene rings is 2. The molecule has 2 aromatic carbocycles. The number of rotatable bonds is 5. The van der Waals surface area contributed by atoms with Crippen molar-refractivity contribution in [2.75, 3.05) is 11.1 Å². The molecule has 124 valence electrons. The van der Waals surface area contributed by atoms with Crippen LogP contribution < -0.4 is 11.1 Å². The van der Waals surface area contributed by atoms with Crippen LogP contribution in [0.3, 0.4) is 0 Å². The normalized spacial score (nSPS) is 13.2. The largest absolute Gasteiger partial charge is 0.397 e. The van der Waals surface area contributed by atoms with Crippen molar-refractivity contribution < 1.29 is 9.59 Å². The molecule has 0 aromatic heterocycles. The Morgan fingerprint density at radius 3 is 2.50 bits per heavy atom. The minimum Gasteiger partial charge on any atom is -0.397 e. The predicted molar refractivity (Wildman–Crippen MR) is 96.1 cm³/mol. The van der Waals surface area contributed by atoms with Crippen LogP contribution in [-0.4, -0.2) is 11.7 Å². The molecule has 0 saturated heterocycles. The van der Waals surface area contributed by atoms with E-state index in [1.165, 1.54) is 24.0 Å². The molecule has 1 amide bonds. The molecular weight excluding hydrogens is 300 g/mol. The standard InChI is InChI=1S/C20H22N2O2/c21-17-7-3-4-8-18(17)22-20(24)12-11-19(23)16-10-9-14-5-1-2-6-15(14)13-16/h3-4,7-10,13H,1-2,5-6,11-12,21H2,(H,22,24). The van der Waals surface area contributed by atoms with Gasteiger partial charge in [-0.1, -0.05) is 24.3 Å². The van der Waals surface area contributed by atoms with E-state index in [0.29, 0.717) is 16.9 Å². The van der Waals surface area contributed by atoms with Gasteiger partial charge in [-0.3, -0.25) is 9.59 Å². The van der Waals surface area contributed by atoms with Crippen LogP contribution in [0.1, 0.15) is 47.2 Å². The van der Waals surface area contributed by atoms with Crippen LogP contribution in [0.4, 0.5) is 11.4 Å². The lowest BCUT2D eigenvalue weighted by atomic mass is 9.89. The molecule has 0 atom stereocenters. The molecule has 1 aliphatic carbocycles. The van der Waals surface area contributed by atoms with Crippen molar-refractivity contribution in [3.63, 3.8) is 0 Å². The Kier molecular flexibility index (Phi) is 4.94. The van der Waals surface area contributed by atoms with Crippen molar-refractivity contribution in [2.45, 2.75) is 38.5 Å². The number of carbonyl (C=O) groups is 2. The van der Waals surface area contributed by atoms with Crippen molar-refractivity contribution in [3.05, 3.63) is 59.2 Å². The first-order valence-corrected chi connectivity index (χ1v) is 8.43. The maximum absolute atomic E-state index is 12.3. The highest BCUT2D eigenvalue weighted by Crippen LogP contribution is 2.23. The van der Waals surface area contributed by atoms with E-state index in [1.807, 2.05) is 24.3 Å². The molecule has 3 N–H and O–H groups in total. The summed E-state index contributed by atoms with van der Waals surface area (Å²) in [6.45, 7) is 0. The van der Waals surface area contributed by atoms with Crippen LogP contribution in [0.15, 0.2) is 42.5 Å². The monoisotopic (exact) mass is 322 g/mol. The number of Topliss-reactive ketones (excluding diaryl/α,β-unsaturated/α-hetero) is 1. The Morgan fingerprint density at radius 2 is 1.71 bits per heavy atom. The molecule has 0 saturated carbocycles. The summed E-state index contributed by atoms with van der Waals surface area (Å²) in [5, 5.41) is 2.75. The van der Waals surface area contributed by atoms with Crippen molar-refractivity contribution >= 4 is 23.1 Å². The summed E-state index contributed by atoms with van der Waals surface area (Å²) in [6, 6.07) is 13.1. The summed E-state index contributed by atoms with van der Waals surface area (Å²) in [4.78, 5) is 24.4. The molecule has 0 heterocycles. The van der Waals surface area contributed by atoms with Gasteiger partial charge in [0, 0.05) is 18.4 Å². The molecule has 0 bridgehead atoms. The van der Waals surface area contributed by atoms with Gasteiger partial charge in [0.2, 0.25) is 5.91 Å². The van der Waals surface area contributed by atoms with E-state index < -0.39 is 0 Å². The predicted octanol–water partition coefficient (Wildman–Crippen LogP) is 3.75. The fourth-order valence-electron chi connectivity index (χ4n) is 3.10. The number of nitrogens with one attached hydrogen (secondary N) is 1. The van der Waals surface area contributed by atoms with E-state index in [9.17, 15) is 9.59 Å². The Labute approximate surface area is 142 Å². The molecule has 4 heteroatoms. The highest BCUT2D eigenvalue weighted by Gasteiger charge is 2.14. The lowest BCUT2D eigenvalue weighted by Crippen LogP contribution is -2.14. The van der Waals surface area contributed by atoms with Crippen LogP contribution in [-0.2, 0) is 17.6 Å². The quantitative estimate of drug-likeness (QED) is 0.650. The Hall–Kier alpha value is -2.62. The van der Waals surface area contributed by atoms with E-state index >= 15 is 0 Å². The van der Waals surface area contributed by atoms with Crippen molar-refractivity contribution in [1.29, 1.82) is 0 Å². The summed E-state index contributed by atoms with van der Waals surface area (Å²) in [5.74, 6) is -0.182. The number of anilines is 2. The van der Waals surface area contributed by atoms with Gasteiger partial charge in [0.15, 0.2) is 5.78 Å². The van der Waals surface area contributed by atoms with Crippen LogP contribution >= 0.6 is 0 Å². The zero-order chi connectivity index (χ0) is 16.9. The number of hydrogen-bond acceptors (Lipinski definition) is 3. The van der Waals surface area contributed by atoms with E-state index in [0.717, 1.165) is 12.8 Å². The first kappa shape index (κ1) is 16.2. The SMILES string of the molecule is Nc1ccccc1NC(=O)CCC(=O)c1ccc2c(c1)CCCC2. The minimum absolute atomic E-state index is 0.0135. The topological polar surface area (TPSA) is 72.2 Å². The molecule has 1 aliphatic rings. The Balaban J connectivity index is 1.57. The summed E-state index contributed by atoms with van der Waals surface area (Å²) in [7, 11) is 0. The van der Waals surface area contributed by atoms with Gasteiger partial charge in [0.25, 0.3) is 0 Å². The number of aryl methyl sites for hydroxylation is 2. The molecule has 0 unspecified atom stereocenters. The number of nitrogen functional groups attached to an aromatic ring is 1. The molecular formula is C20H22N2O2. The van der Waals surface area contributed by atoms with Crippen LogP contribution in [0.2, 0.25) is 0 Å². The maximum Gasteiger partial charge on any atom is 0.224 e. The highest BCUT2D eigenvalue weighted by molar-refractivity contribution is 6.00. The van der Waals surface area contributed by atoms with E-state index in [1.54, 1.807) is 12.1 Å². The molecule has 4 nitrogen and oxygen atoms in total. The van der Waals surface area contributed by atoms with Gasteiger partial charge < -0.3 is 11.1 Å². The van der Waals surface area contributed by atoms with E-state index in [4.69, 9.17) is 5.73 Å². The zero-order valence-corrected chi connectivity index (χ0v) is 13.7. The van der Waals surface area contributed by atoms with Crippen LogP contribution in [0, 0.1) is 0 Å². The number of para-hydroxylation sites is 2. The summed E-state index contributed by atoms with van der Waals surface area (Å²) in [5.41, 5.74) is 10.3. The van der Waals surface area contributed by atoms with Gasteiger partial charge in [-0.2, -0.15) is 0 Å². The molecule has 0 aliphatic heterocycles. The number of ketones is 1. The fraction of sp³-hybridized carbons (Fsp3) is 0.300. The second-order valence-corrected chi connectivity index (χ2v) is 6.25. The molecule has 24 heavy (non-hydrogen) atoms. The number of nitrogens with two attached hydrogens (primary N) is 1. The van der Waals surface area contributed by atoms with E-state index in [2.05, 4.69) is 11.4 Å². The average molecular weight is 322 g/mol. The Morgan fingerprint density at radius 1 is 0.958 bits per heavy atom. The average Bonchev–Trinajstić information content (AvgIpc) is 2.61. The Bertz CT molecular complexity index is 768. The highest BCUT2D eigenvalue weighted by atomic mass is 16.2. The number of amides is 1. The number of fused-ring (bicyclic) bond motifs is 1. The van der Waals surface area contributed by atoms with Gasteiger partial charge in [-0.05, 0) is 55.0 Å². The smallest absolute Gasteiger partial charge is 0.224 e. The number of carbonyl (C=O) groups excluding carboxylic acids is 2. The third-order valence-corrected chi connectivity index (χ3v) is 4.48. The number of hydrogen-bond donors (Lipinski definition) is 2. The third kappa shape index (κ3) is 3.82. The minimum atomic E-state index is -0.195. The second kappa shape index (κ2) is 7.30. The first-order chi connectivity index (χ1) is 11.6. The van der Waals surface area contributed by atoms with E-state index in [-0.39, 0.29) is 24.5 Å². The fourth-order valence-corrected chi connectivity index (χ4v) is 3.10. The lowest BCUT2D eigenvalue weighted by molar-refractivity contribution is -0.116. The van der Waals surface area contributed by atoms with Gasteiger partial charge in [-0.15, -0.1) is 0 Å². The van der Waals surface area contributed by atoms with Gasteiger partial charge in [0.05, 0.1) is 11.4 Å². The van der Waals surface area contributed by atoms with Crippen molar-refractivity contribution in [2.24, 2.45) is 0 Å². The lowest BCUT2D eigenvalue weighted by Gasteiger charge is -2.16. The van der Waals surface area contributed by atoms with Gasteiger partial charge in [0.1, 0.15) is 0 Å². The van der Waals surface area contributed by atoms with Crippen LogP contribution in [0.5, 0.6) is 0 Å². The van der Waals surface area contributed by atoms with Gasteiger partial charge >= 0.3 is 0 Å². The molecule has 3 rings (SSSR count). The third-order valence-electron chi connectivity index (χ3n) is 4.48. The molecule has 0 spiro atoms. The molecule has 0 radical (unpaired) electrons. The summed E-state index contributed by atoms with van der Waals surface area (Å²) >= 11 is 0. The maximum atomic E-state index is 12.3. The van der Waals surface area contributed by atoms with Crippen molar-refractivity contribution in [1.82, 2.24) is 0 Å². The first-order valence-electron chi connectivity index (χ1n) is 8.43. The molecule has 2 aromatic rings. The van der Waals surface area contributed by atoms with Crippen LogP contribution in [0.25, 0.3) is 0 Å².